The van der Waals surface area contributed by atoms with Crippen LogP contribution in [0.1, 0.15) is 6.42 Å². The Morgan fingerprint density at radius 1 is 1.14 bits per heavy atom. The Hall–Kier alpha value is -1.61. The van der Waals surface area contributed by atoms with E-state index in [1.165, 1.54) is 13.2 Å². The molecule has 158 valence electrons. The molecule has 10 heteroatoms. The highest BCUT2D eigenvalue weighted by Crippen LogP contribution is 2.32. The molecule has 0 heterocycles. The van der Waals surface area contributed by atoms with Crippen LogP contribution < -0.4 is 14.4 Å². The van der Waals surface area contributed by atoms with E-state index in [-0.39, 0.29) is 12.2 Å². The Morgan fingerprint density at radius 3 is 2.41 bits per heavy atom. The first-order chi connectivity index (χ1) is 13.7. The predicted octanol–water partition coefficient (Wildman–Crippen LogP) is 4.07. The van der Waals surface area contributed by atoms with Crippen LogP contribution >= 0.6 is 35.0 Å². The number of rotatable bonds is 10. The largest absolute Gasteiger partial charge is 0.495 e. The summed E-state index contributed by atoms with van der Waals surface area (Å²) in [5.41, 5.74) is 0.218. The number of hydrogen-bond acceptors (Lipinski definition) is 5. The second-order valence-corrected chi connectivity index (χ2v) is 10.0. The van der Waals surface area contributed by atoms with Crippen LogP contribution in [-0.2, 0) is 14.8 Å². The van der Waals surface area contributed by atoms with E-state index in [1.54, 1.807) is 23.9 Å². The molecule has 0 fully saturated rings. The maximum Gasteiger partial charge on any atom is 0.240 e. The zero-order valence-electron chi connectivity index (χ0n) is 16.0. The Kier molecular flexibility index (Phi) is 8.95. The number of anilines is 1. The third-order valence-corrected chi connectivity index (χ3v) is 6.53. The van der Waals surface area contributed by atoms with Crippen molar-refractivity contribution in [2.24, 2.45) is 0 Å². The maximum atomic E-state index is 12.3. The van der Waals surface area contributed by atoms with Crippen LogP contribution in [-0.4, -0.2) is 46.5 Å². The number of sulfonamides is 1. The molecule has 1 N–H and O–H groups in total. The van der Waals surface area contributed by atoms with Gasteiger partial charge in [0, 0.05) is 21.5 Å². The van der Waals surface area contributed by atoms with Crippen LogP contribution in [0.2, 0.25) is 10.0 Å². The first kappa shape index (κ1) is 23.7. The van der Waals surface area contributed by atoms with Crippen LogP contribution in [0.15, 0.2) is 47.4 Å². The molecule has 2 rings (SSSR count). The maximum absolute atomic E-state index is 12.3. The third kappa shape index (κ3) is 7.62. The summed E-state index contributed by atoms with van der Waals surface area (Å²) < 4.78 is 30.7. The first-order valence-electron chi connectivity index (χ1n) is 8.67. The van der Waals surface area contributed by atoms with E-state index < -0.39 is 15.9 Å². The molecule has 0 saturated heterocycles. The average molecular weight is 477 g/mol. The normalized spacial score (nSPS) is 11.2. The van der Waals surface area contributed by atoms with Crippen LogP contribution in [0.3, 0.4) is 0 Å². The zero-order chi connectivity index (χ0) is 21.4. The first-order valence-corrected chi connectivity index (χ1v) is 12.3. The lowest BCUT2D eigenvalue weighted by Crippen LogP contribution is -2.40. The summed E-state index contributed by atoms with van der Waals surface area (Å²) in [6.07, 6.45) is 1.77. The summed E-state index contributed by atoms with van der Waals surface area (Å²) >= 11 is 13.5. The minimum Gasteiger partial charge on any atom is -0.495 e. The molecule has 0 aromatic heterocycles. The van der Waals surface area contributed by atoms with Crippen LogP contribution in [0.25, 0.3) is 0 Å². The van der Waals surface area contributed by atoms with Crippen molar-refractivity contribution in [3.8, 4) is 5.75 Å². The van der Waals surface area contributed by atoms with Crippen molar-refractivity contribution in [2.45, 2.75) is 11.3 Å². The molecule has 0 saturated carbocycles. The molecule has 0 spiro atoms. The number of thioether (sulfide) groups is 1. The molecule has 0 aliphatic carbocycles. The van der Waals surface area contributed by atoms with Gasteiger partial charge in [-0.05, 0) is 54.6 Å². The van der Waals surface area contributed by atoms with Gasteiger partial charge < -0.3 is 10.1 Å². The van der Waals surface area contributed by atoms with Gasteiger partial charge in [-0.3, -0.25) is 9.10 Å². The number of hydrogen-bond donors (Lipinski definition) is 1. The van der Waals surface area contributed by atoms with Gasteiger partial charge in [-0.25, -0.2) is 8.42 Å². The molecule has 0 unspecified atom stereocenters. The fourth-order valence-electron chi connectivity index (χ4n) is 2.45. The second-order valence-electron chi connectivity index (χ2n) is 6.09. The van der Waals surface area contributed by atoms with Crippen LogP contribution in [0.4, 0.5) is 5.69 Å². The molecule has 6 nitrogen and oxygen atoms in total. The molecule has 29 heavy (non-hydrogen) atoms. The molecular weight excluding hydrogens is 455 g/mol. The Morgan fingerprint density at radius 2 is 1.79 bits per heavy atom. The molecular formula is C19H22Cl2N2O4S2. The van der Waals surface area contributed by atoms with Gasteiger partial charge in [-0.2, -0.15) is 0 Å². The van der Waals surface area contributed by atoms with E-state index in [1.807, 2.05) is 24.3 Å². The topological polar surface area (TPSA) is 75.7 Å². The number of nitrogens with one attached hydrogen (secondary N) is 1. The number of nitrogens with zero attached hydrogens (tertiary/aromatic N) is 1. The highest BCUT2D eigenvalue weighted by Gasteiger charge is 2.24. The van der Waals surface area contributed by atoms with Crippen molar-refractivity contribution in [3.05, 3.63) is 52.5 Å². The molecule has 2 aromatic rings. The second kappa shape index (κ2) is 11.0. The van der Waals surface area contributed by atoms with E-state index in [2.05, 4.69) is 5.32 Å². The van der Waals surface area contributed by atoms with Crippen molar-refractivity contribution < 1.29 is 17.9 Å². The van der Waals surface area contributed by atoms with E-state index in [0.717, 1.165) is 27.6 Å². The van der Waals surface area contributed by atoms with Gasteiger partial charge in [0.25, 0.3) is 0 Å². The molecule has 0 radical (unpaired) electrons. The number of benzene rings is 2. The summed E-state index contributed by atoms with van der Waals surface area (Å²) in [6, 6.07) is 12.1. The molecule has 2 aromatic carbocycles. The Bertz CT molecular complexity index is 938. The number of ether oxygens (including phenoxy) is 1. The van der Waals surface area contributed by atoms with Crippen molar-refractivity contribution in [1.82, 2.24) is 5.32 Å². The van der Waals surface area contributed by atoms with Gasteiger partial charge in [0.1, 0.15) is 12.3 Å². The lowest BCUT2D eigenvalue weighted by molar-refractivity contribution is -0.119. The van der Waals surface area contributed by atoms with Crippen LogP contribution in [0, 0.1) is 0 Å². The summed E-state index contributed by atoms with van der Waals surface area (Å²) in [5, 5.41) is 3.78. The van der Waals surface area contributed by atoms with Gasteiger partial charge in [-0.1, -0.05) is 23.2 Å². The highest BCUT2D eigenvalue weighted by atomic mass is 35.5. The summed E-state index contributed by atoms with van der Waals surface area (Å²) in [4.78, 5) is 13.4. The Balaban J connectivity index is 1.90. The Labute approximate surface area is 185 Å². The minimum absolute atomic E-state index is 0.218. The van der Waals surface area contributed by atoms with Crippen molar-refractivity contribution >= 4 is 56.6 Å². The van der Waals surface area contributed by atoms with Gasteiger partial charge >= 0.3 is 0 Å². The summed E-state index contributed by atoms with van der Waals surface area (Å²) in [5.74, 6) is 0.709. The smallest absolute Gasteiger partial charge is 0.240 e. The minimum atomic E-state index is -3.72. The van der Waals surface area contributed by atoms with Crippen molar-refractivity contribution in [1.29, 1.82) is 0 Å². The zero-order valence-corrected chi connectivity index (χ0v) is 19.2. The molecule has 0 aliphatic rings. The number of halogens is 2. The number of carbonyl (C=O) groups is 1. The summed E-state index contributed by atoms with van der Waals surface area (Å²) in [6.45, 7) is 0.0730. The number of carbonyl (C=O) groups excluding carboxylic acids is 1. The lowest BCUT2D eigenvalue weighted by atomic mass is 10.3. The number of amides is 1. The lowest BCUT2D eigenvalue weighted by Gasteiger charge is -2.24. The number of methoxy groups -OCH3 is 1. The van der Waals surface area contributed by atoms with Gasteiger partial charge in [0.05, 0.1) is 19.1 Å². The fraction of sp³-hybridized carbons (Fsp3) is 0.316. The van der Waals surface area contributed by atoms with Crippen molar-refractivity contribution in [3.63, 3.8) is 0 Å². The van der Waals surface area contributed by atoms with Crippen molar-refractivity contribution in [2.75, 3.05) is 36.5 Å². The quantitative estimate of drug-likeness (QED) is 0.413. The molecule has 0 atom stereocenters. The summed E-state index contributed by atoms with van der Waals surface area (Å²) in [7, 11) is -2.30. The van der Waals surface area contributed by atoms with Gasteiger partial charge in [0.2, 0.25) is 15.9 Å². The average Bonchev–Trinajstić information content (AvgIpc) is 2.66. The highest BCUT2D eigenvalue weighted by molar-refractivity contribution is 7.99. The molecule has 0 bridgehead atoms. The monoisotopic (exact) mass is 476 g/mol. The van der Waals surface area contributed by atoms with E-state index in [9.17, 15) is 13.2 Å². The van der Waals surface area contributed by atoms with Gasteiger partial charge in [-0.15, -0.1) is 11.8 Å². The molecule has 0 aliphatic heterocycles. The van der Waals surface area contributed by atoms with Crippen LogP contribution in [0.5, 0.6) is 5.75 Å². The van der Waals surface area contributed by atoms with E-state index >= 15 is 0 Å². The molecule has 1 amide bonds. The van der Waals surface area contributed by atoms with Gasteiger partial charge in [0.15, 0.2) is 0 Å². The SMILES string of the molecule is COc1ccc(Cl)cc1N(CC(=O)NCCCSc1ccc(Cl)cc1)S(C)(=O)=O. The standard InChI is InChI=1S/C19H22Cl2N2O4S2/c1-27-18-9-6-15(21)12-17(18)23(29(2,25)26)13-19(24)22-10-3-11-28-16-7-4-14(20)5-8-16/h4-9,12H,3,10-11,13H2,1-2H3,(H,22,24). The van der Waals surface area contributed by atoms with E-state index in [0.29, 0.717) is 22.3 Å². The third-order valence-electron chi connectivity index (χ3n) is 3.82. The fourth-order valence-corrected chi connectivity index (χ4v) is 4.44. The van der Waals surface area contributed by atoms with E-state index in [4.69, 9.17) is 27.9 Å². The predicted molar refractivity (Wildman–Crippen MR) is 120 cm³/mol.